The van der Waals surface area contributed by atoms with Gasteiger partial charge in [0, 0.05) is 5.69 Å². The molecule has 0 bridgehead atoms. The van der Waals surface area contributed by atoms with Gasteiger partial charge in [0.05, 0.1) is 0 Å². The third-order valence-corrected chi connectivity index (χ3v) is 1.87. The summed E-state index contributed by atoms with van der Waals surface area (Å²) in [7, 11) is 0. The molecule has 0 aliphatic heterocycles. The van der Waals surface area contributed by atoms with Crippen molar-refractivity contribution in [1.29, 1.82) is 0 Å². The van der Waals surface area contributed by atoms with Crippen LogP contribution in [0, 0.1) is 0 Å². The highest BCUT2D eigenvalue weighted by atomic mass is 19.1. The van der Waals surface area contributed by atoms with Crippen molar-refractivity contribution in [2.75, 3.05) is 5.32 Å². The quantitative estimate of drug-likeness (QED) is 0.734. The molecule has 0 fully saturated rings. The molecule has 0 atom stereocenters. The van der Waals surface area contributed by atoms with E-state index in [4.69, 9.17) is 0 Å². The summed E-state index contributed by atoms with van der Waals surface area (Å²) in [5.41, 5.74) is 1.74. The highest BCUT2D eigenvalue weighted by molar-refractivity contribution is 6.01. The normalized spacial score (nSPS) is 9.57. The van der Waals surface area contributed by atoms with Gasteiger partial charge in [-0.25, -0.2) is 4.39 Å². The van der Waals surface area contributed by atoms with Crippen molar-refractivity contribution in [2.45, 2.75) is 13.3 Å². The van der Waals surface area contributed by atoms with Gasteiger partial charge in [0.25, 0.3) is 5.91 Å². The van der Waals surface area contributed by atoms with Crippen LogP contribution in [0.4, 0.5) is 10.1 Å². The van der Waals surface area contributed by atoms with Crippen LogP contribution in [0.5, 0.6) is 0 Å². The Hall–Kier alpha value is -1.64. The van der Waals surface area contributed by atoms with Gasteiger partial charge in [-0.15, -0.1) is 0 Å². The molecule has 74 valence electrons. The van der Waals surface area contributed by atoms with E-state index in [1.165, 1.54) is 5.56 Å². The summed E-state index contributed by atoms with van der Waals surface area (Å²) in [6, 6.07) is 7.24. The molecule has 0 radical (unpaired) electrons. The van der Waals surface area contributed by atoms with Crippen LogP contribution in [0.2, 0.25) is 0 Å². The summed E-state index contributed by atoms with van der Waals surface area (Å²) in [5.74, 6) is -1.78. The van der Waals surface area contributed by atoms with Gasteiger partial charge in [-0.1, -0.05) is 25.6 Å². The second-order valence-electron chi connectivity index (χ2n) is 2.91. The predicted octanol–water partition coefficient (Wildman–Crippen LogP) is 2.67. The summed E-state index contributed by atoms with van der Waals surface area (Å²) in [6.07, 6.45) is 0.935. The molecule has 0 aliphatic carbocycles. The van der Waals surface area contributed by atoms with Crippen LogP contribution in [0.1, 0.15) is 12.5 Å². The topological polar surface area (TPSA) is 29.1 Å². The Kier molecular flexibility index (Phi) is 3.40. The van der Waals surface area contributed by atoms with E-state index >= 15 is 0 Å². The van der Waals surface area contributed by atoms with Gasteiger partial charge in [0.2, 0.25) is 0 Å². The molecule has 0 saturated heterocycles. The van der Waals surface area contributed by atoms with E-state index < -0.39 is 11.7 Å². The second kappa shape index (κ2) is 4.56. The van der Waals surface area contributed by atoms with Gasteiger partial charge in [0.1, 0.15) is 0 Å². The first-order chi connectivity index (χ1) is 6.63. The van der Waals surface area contributed by atoms with E-state index in [0.717, 1.165) is 6.42 Å². The van der Waals surface area contributed by atoms with Gasteiger partial charge in [-0.3, -0.25) is 4.79 Å². The van der Waals surface area contributed by atoms with Crippen molar-refractivity contribution in [3.63, 3.8) is 0 Å². The lowest BCUT2D eigenvalue weighted by atomic mass is 10.1. The number of anilines is 1. The van der Waals surface area contributed by atoms with Crippen LogP contribution >= 0.6 is 0 Å². The number of hydrogen-bond donors (Lipinski definition) is 1. The summed E-state index contributed by atoms with van der Waals surface area (Å²) in [5, 5.41) is 2.38. The number of aryl methyl sites for hydroxylation is 1. The Morgan fingerprint density at radius 3 is 2.43 bits per heavy atom. The Bertz CT molecular complexity index is 343. The minimum absolute atomic E-state index is 0.575. The molecule has 1 N–H and O–H groups in total. The van der Waals surface area contributed by atoms with E-state index in [-0.39, 0.29) is 0 Å². The number of hydrogen-bond acceptors (Lipinski definition) is 1. The number of amides is 1. The smallest absolute Gasteiger partial charge is 0.283 e. The molecule has 14 heavy (non-hydrogen) atoms. The first-order valence-corrected chi connectivity index (χ1v) is 4.38. The zero-order valence-corrected chi connectivity index (χ0v) is 8.01. The van der Waals surface area contributed by atoms with Crippen molar-refractivity contribution in [3.05, 3.63) is 42.2 Å². The van der Waals surface area contributed by atoms with Crippen molar-refractivity contribution < 1.29 is 9.18 Å². The van der Waals surface area contributed by atoms with Gasteiger partial charge in [-0.05, 0) is 24.1 Å². The third kappa shape index (κ3) is 2.69. The largest absolute Gasteiger partial charge is 0.320 e. The summed E-state index contributed by atoms with van der Waals surface area (Å²) in [4.78, 5) is 10.9. The van der Waals surface area contributed by atoms with Gasteiger partial charge >= 0.3 is 0 Å². The molecule has 0 unspecified atom stereocenters. The molecule has 0 spiro atoms. The van der Waals surface area contributed by atoms with Crippen LogP contribution in [-0.4, -0.2) is 5.91 Å². The van der Waals surface area contributed by atoms with Crippen LogP contribution in [0.3, 0.4) is 0 Å². The number of rotatable bonds is 3. The van der Waals surface area contributed by atoms with Crippen LogP contribution in [-0.2, 0) is 11.2 Å². The summed E-state index contributed by atoms with van der Waals surface area (Å²) < 4.78 is 12.3. The molecule has 3 heteroatoms. The lowest BCUT2D eigenvalue weighted by Crippen LogP contribution is -2.10. The maximum Gasteiger partial charge on any atom is 0.283 e. The minimum Gasteiger partial charge on any atom is -0.320 e. The molecule has 2 nitrogen and oxygen atoms in total. The van der Waals surface area contributed by atoms with Crippen molar-refractivity contribution >= 4 is 11.6 Å². The maximum atomic E-state index is 12.3. The average Bonchev–Trinajstić information content (AvgIpc) is 2.19. The monoisotopic (exact) mass is 193 g/mol. The van der Waals surface area contributed by atoms with E-state index in [1.54, 1.807) is 12.1 Å². The van der Waals surface area contributed by atoms with E-state index in [2.05, 4.69) is 11.9 Å². The van der Waals surface area contributed by atoms with Crippen LogP contribution < -0.4 is 5.32 Å². The first kappa shape index (κ1) is 10.4. The van der Waals surface area contributed by atoms with Crippen LogP contribution in [0.25, 0.3) is 0 Å². The Balaban J connectivity index is 2.69. The van der Waals surface area contributed by atoms with Crippen molar-refractivity contribution in [1.82, 2.24) is 0 Å². The standard InChI is InChI=1S/C11H12FNO/c1-3-9-4-6-10(7-5-9)13-11(14)8(2)12/h4-7H,2-3H2,1H3,(H,13,14). The number of nitrogens with one attached hydrogen (secondary N) is 1. The van der Waals surface area contributed by atoms with Gasteiger partial charge < -0.3 is 5.32 Å². The molecule has 0 aromatic heterocycles. The summed E-state index contributed by atoms with van der Waals surface area (Å²) >= 11 is 0. The molecular formula is C11H12FNO. The minimum atomic E-state index is -0.982. The SMILES string of the molecule is C=C(F)C(=O)Nc1ccc(CC)cc1. The first-order valence-electron chi connectivity index (χ1n) is 4.38. The number of halogens is 1. The van der Waals surface area contributed by atoms with Gasteiger partial charge in [0.15, 0.2) is 5.83 Å². The number of carbonyl (C=O) groups is 1. The lowest BCUT2D eigenvalue weighted by Gasteiger charge is -2.03. The van der Waals surface area contributed by atoms with E-state index in [1.807, 2.05) is 19.1 Å². The molecule has 1 aromatic carbocycles. The number of carbonyl (C=O) groups excluding carboxylic acids is 1. The van der Waals surface area contributed by atoms with E-state index in [0.29, 0.717) is 5.69 Å². The molecule has 1 rings (SSSR count). The molecule has 0 saturated carbocycles. The summed E-state index contributed by atoms with van der Waals surface area (Å²) in [6.45, 7) is 4.94. The molecule has 1 amide bonds. The predicted molar refractivity (Wildman–Crippen MR) is 54.7 cm³/mol. The maximum absolute atomic E-state index is 12.3. The number of benzene rings is 1. The second-order valence-corrected chi connectivity index (χ2v) is 2.91. The Morgan fingerprint density at radius 1 is 1.43 bits per heavy atom. The fourth-order valence-corrected chi connectivity index (χ4v) is 1.02. The van der Waals surface area contributed by atoms with E-state index in [9.17, 15) is 9.18 Å². The van der Waals surface area contributed by atoms with Crippen molar-refractivity contribution in [3.8, 4) is 0 Å². The molecule has 0 heterocycles. The fourth-order valence-electron chi connectivity index (χ4n) is 1.02. The zero-order chi connectivity index (χ0) is 10.6. The third-order valence-electron chi connectivity index (χ3n) is 1.87. The average molecular weight is 193 g/mol. The Labute approximate surface area is 82.4 Å². The molecular weight excluding hydrogens is 181 g/mol. The Morgan fingerprint density at radius 2 is 2.00 bits per heavy atom. The van der Waals surface area contributed by atoms with Gasteiger partial charge in [-0.2, -0.15) is 0 Å². The molecule has 0 aliphatic rings. The lowest BCUT2D eigenvalue weighted by molar-refractivity contribution is -0.114. The molecule has 1 aromatic rings. The highest BCUT2D eigenvalue weighted by Crippen LogP contribution is 2.10. The van der Waals surface area contributed by atoms with Crippen LogP contribution in [0.15, 0.2) is 36.7 Å². The van der Waals surface area contributed by atoms with Crippen molar-refractivity contribution in [2.24, 2.45) is 0 Å². The zero-order valence-electron chi connectivity index (χ0n) is 8.01. The fraction of sp³-hybridized carbons (Fsp3) is 0.182. The highest BCUT2D eigenvalue weighted by Gasteiger charge is 2.04.